The van der Waals surface area contributed by atoms with Gasteiger partial charge >= 0.3 is 5.97 Å². The van der Waals surface area contributed by atoms with Crippen LogP contribution in [-0.4, -0.2) is 11.1 Å². The Kier molecular flexibility index (Phi) is 2.62. The molecule has 0 saturated carbocycles. The number of benzene rings is 1. The van der Waals surface area contributed by atoms with Crippen molar-refractivity contribution in [1.82, 2.24) is 0 Å². The second-order valence-corrected chi connectivity index (χ2v) is 3.84. The minimum absolute atomic E-state index is 0.182. The van der Waals surface area contributed by atoms with Crippen LogP contribution in [0.3, 0.4) is 0 Å². The number of esters is 1. The molecule has 1 aliphatic carbocycles. The van der Waals surface area contributed by atoms with Gasteiger partial charge in [0.1, 0.15) is 11.9 Å². The number of rotatable bonds is 1. The lowest BCUT2D eigenvalue weighted by atomic mass is 9.89. The van der Waals surface area contributed by atoms with Crippen LogP contribution in [0.4, 0.5) is 0 Å². The fourth-order valence-corrected chi connectivity index (χ4v) is 2.11. The molecule has 80 valence electrons. The van der Waals surface area contributed by atoms with Crippen LogP contribution in [0.1, 0.15) is 37.0 Å². The van der Waals surface area contributed by atoms with Gasteiger partial charge in [-0.1, -0.05) is 12.1 Å². The Labute approximate surface area is 88.7 Å². The number of phenols is 1. The van der Waals surface area contributed by atoms with Gasteiger partial charge < -0.3 is 9.84 Å². The van der Waals surface area contributed by atoms with E-state index in [9.17, 15) is 9.90 Å². The molecule has 0 spiro atoms. The van der Waals surface area contributed by atoms with Gasteiger partial charge in [-0.05, 0) is 30.9 Å². The third kappa shape index (κ3) is 1.96. The lowest BCUT2D eigenvalue weighted by Gasteiger charge is -2.25. The molecule has 1 aliphatic rings. The summed E-state index contributed by atoms with van der Waals surface area (Å²) in [6, 6.07) is 5.38. The predicted molar refractivity (Wildman–Crippen MR) is 55.6 cm³/mol. The summed E-state index contributed by atoms with van der Waals surface area (Å²) >= 11 is 0. The van der Waals surface area contributed by atoms with E-state index < -0.39 is 0 Å². The van der Waals surface area contributed by atoms with Crippen LogP contribution in [0, 0.1) is 0 Å². The molecule has 0 amide bonds. The van der Waals surface area contributed by atoms with Crippen molar-refractivity contribution in [1.29, 1.82) is 0 Å². The largest absolute Gasteiger partial charge is 0.508 e. The van der Waals surface area contributed by atoms with Gasteiger partial charge in [-0.15, -0.1) is 0 Å². The molecule has 1 aromatic carbocycles. The van der Waals surface area contributed by atoms with Crippen LogP contribution >= 0.6 is 0 Å². The second-order valence-electron chi connectivity index (χ2n) is 3.84. The van der Waals surface area contributed by atoms with E-state index in [1.165, 1.54) is 6.92 Å². The van der Waals surface area contributed by atoms with Gasteiger partial charge in [0.2, 0.25) is 0 Å². The Hall–Kier alpha value is -1.51. The molecule has 0 heterocycles. The van der Waals surface area contributed by atoms with Gasteiger partial charge in [0.05, 0.1) is 0 Å². The lowest BCUT2D eigenvalue weighted by molar-refractivity contribution is -0.147. The molecule has 0 fully saturated rings. The van der Waals surface area contributed by atoms with E-state index in [1.807, 2.05) is 6.07 Å². The van der Waals surface area contributed by atoms with Crippen LogP contribution in [0.15, 0.2) is 18.2 Å². The third-order valence-electron chi connectivity index (χ3n) is 2.74. The molecule has 1 unspecified atom stereocenters. The summed E-state index contributed by atoms with van der Waals surface area (Å²) in [5, 5.41) is 9.67. The molecule has 0 saturated heterocycles. The highest BCUT2D eigenvalue weighted by molar-refractivity contribution is 5.66. The van der Waals surface area contributed by atoms with Crippen molar-refractivity contribution >= 4 is 5.97 Å². The monoisotopic (exact) mass is 206 g/mol. The van der Waals surface area contributed by atoms with E-state index >= 15 is 0 Å². The number of carbonyl (C=O) groups is 1. The zero-order valence-corrected chi connectivity index (χ0v) is 8.69. The molecule has 1 aromatic rings. The van der Waals surface area contributed by atoms with Crippen LogP contribution < -0.4 is 0 Å². The number of phenolic OH excluding ortho intramolecular Hbond substituents is 1. The standard InChI is InChI=1S/C12H14O3/c1-8(13)15-12-7-3-4-9-10(12)5-2-6-11(9)14/h2,5-6,12,14H,3-4,7H2,1H3. The van der Waals surface area contributed by atoms with E-state index in [2.05, 4.69) is 0 Å². The first kappa shape index (κ1) is 10.0. The number of ether oxygens (including phenoxy) is 1. The lowest BCUT2D eigenvalue weighted by Crippen LogP contribution is -2.15. The molecule has 3 nitrogen and oxygen atoms in total. The third-order valence-corrected chi connectivity index (χ3v) is 2.74. The number of hydrogen-bond acceptors (Lipinski definition) is 3. The Morgan fingerprint density at radius 1 is 1.53 bits per heavy atom. The van der Waals surface area contributed by atoms with Gasteiger partial charge in [0.25, 0.3) is 0 Å². The van der Waals surface area contributed by atoms with Crippen LogP contribution in [0.2, 0.25) is 0 Å². The summed E-state index contributed by atoms with van der Waals surface area (Å²) in [4.78, 5) is 10.9. The zero-order valence-electron chi connectivity index (χ0n) is 8.69. The topological polar surface area (TPSA) is 46.5 Å². The van der Waals surface area contributed by atoms with Gasteiger partial charge in [-0.3, -0.25) is 4.79 Å². The summed E-state index contributed by atoms with van der Waals surface area (Å²) in [7, 11) is 0. The van der Waals surface area contributed by atoms with Crippen LogP contribution in [0.5, 0.6) is 5.75 Å². The summed E-state index contributed by atoms with van der Waals surface area (Å²) in [5.41, 5.74) is 1.88. The predicted octanol–water partition coefficient (Wildman–Crippen LogP) is 2.33. The van der Waals surface area contributed by atoms with Gasteiger partial charge in [-0.25, -0.2) is 0 Å². The van der Waals surface area contributed by atoms with E-state index in [4.69, 9.17) is 4.74 Å². The minimum atomic E-state index is -0.267. The Morgan fingerprint density at radius 2 is 2.33 bits per heavy atom. The molecule has 0 bridgehead atoms. The molecule has 15 heavy (non-hydrogen) atoms. The highest BCUT2D eigenvalue weighted by Crippen LogP contribution is 2.36. The Bertz CT molecular complexity index is 384. The molecule has 2 rings (SSSR count). The highest BCUT2D eigenvalue weighted by Gasteiger charge is 2.24. The van der Waals surface area contributed by atoms with Crippen molar-refractivity contribution in [3.05, 3.63) is 29.3 Å². The smallest absolute Gasteiger partial charge is 0.303 e. The van der Waals surface area contributed by atoms with Crippen molar-refractivity contribution in [2.24, 2.45) is 0 Å². The maximum absolute atomic E-state index is 10.9. The molecular formula is C12H14O3. The first-order valence-corrected chi connectivity index (χ1v) is 5.16. The van der Waals surface area contributed by atoms with Crippen molar-refractivity contribution in [3.63, 3.8) is 0 Å². The molecule has 1 atom stereocenters. The van der Waals surface area contributed by atoms with Crippen molar-refractivity contribution in [2.45, 2.75) is 32.3 Å². The molecule has 0 radical (unpaired) electrons. The Balaban J connectivity index is 2.34. The summed E-state index contributed by atoms with van der Waals surface area (Å²) in [6.07, 6.45) is 2.47. The Morgan fingerprint density at radius 3 is 3.07 bits per heavy atom. The number of aromatic hydroxyl groups is 1. The fraction of sp³-hybridized carbons (Fsp3) is 0.417. The molecule has 1 N–H and O–H groups in total. The normalized spacial score (nSPS) is 19.4. The number of fused-ring (bicyclic) bond motifs is 1. The summed E-state index contributed by atoms with van der Waals surface area (Å²) in [5.74, 6) is 0.0422. The van der Waals surface area contributed by atoms with Gasteiger partial charge in [0, 0.05) is 12.5 Å². The van der Waals surface area contributed by atoms with Crippen LogP contribution in [-0.2, 0) is 16.0 Å². The number of carbonyl (C=O) groups excluding carboxylic acids is 1. The zero-order chi connectivity index (χ0) is 10.8. The average Bonchev–Trinajstić information content (AvgIpc) is 2.19. The highest BCUT2D eigenvalue weighted by atomic mass is 16.5. The first-order chi connectivity index (χ1) is 7.18. The average molecular weight is 206 g/mol. The van der Waals surface area contributed by atoms with Crippen molar-refractivity contribution in [2.75, 3.05) is 0 Å². The number of hydrogen-bond donors (Lipinski definition) is 1. The fourth-order valence-electron chi connectivity index (χ4n) is 2.11. The maximum atomic E-state index is 10.9. The van der Waals surface area contributed by atoms with E-state index in [-0.39, 0.29) is 12.1 Å². The summed E-state index contributed by atoms with van der Waals surface area (Å²) < 4.78 is 5.22. The van der Waals surface area contributed by atoms with E-state index in [0.29, 0.717) is 5.75 Å². The first-order valence-electron chi connectivity index (χ1n) is 5.16. The molecular weight excluding hydrogens is 192 g/mol. The maximum Gasteiger partial charge on any atom is 0.303 e. The van der Waals surface area contributed by atoms with E-state index in [1.54, 1.807) is 12.1 Å². The SMILES string of the molecule is CC(=O)OC1CCCc2c(O)cccc21. The van der Waals surface area contributed by atoms with Gasteiger partial charge in [0.15, 0.2) is 0 Å². The second kappa shape index (κ2) is 3.93. The summed E-state index contributed by atoms with van der Waals surface area (Å²) in [6.45, 7) is 1.41. The van der Waals surface area contributed by atoms with Crippen molar-refractivity contribution in [3.8, 4) is 5.75 Å². The molecule has 3 heteroatoms. The molecule has 0 aliphatic heterocycles. The quantitative estimate of drug-likeness (QED) is 0.717. The van der Waals surface area contributed by atoms with Crippen molar-refractivity contribution < 1.29 is 14.6 Å². The minimum Gasteiger partial charge on any atom is -0.508 e. The van der Waals surface area contributed by atoms with E-state index in [0.717, 1.165) is 30.4 Å². The van der Waals surface area contributed by atoms with Crippen LogP contribution in [0.25, 0.3) is 0 Å². The van der Waals surface area contributed by atoms with Gasteiger partial charge in [-0.2, -0.15) is 0 Å². The molecule has 0 aromatic heterocycles.